The second kappa shape index (κ2) is 6.89. The maximum Gasteiger partial charge on any atom is 0.222 e. The molecule has 0 aliphatic rings. The van der Waals surface area contributed by atoms with Crippen molar-refractivity contribution in [3.63, 3.8) is 0 Å². The van der Waals surface area contributed by atoms with Crippen LogP contribution in [0, 0.1) is 0 Å². The van der Waals surface area contributed by atoms with Crippen LogP contribution < -0.4 is 9.47 Å². The van der Waals surface area contributed by atoms with Crippen LogP contribution in [0.15, 0.2) is 18.2 Å². The Labute approximate surface area is 108 Å². The Bertz CT molecular complexity index is 402. The van der Waals surface area contributed by atoms with Crippen molar-refractivity contribution in [3.05, 3.63) is 23.8 Å². The summed E-state index contributed by atoms with van der Waals surface area (Å²) in [5, 5.41) is 0. The van der Waals surface area contributed by atoms with Gasteiger partial charge in [0.2, 0.25) is 5.91 Å². The SMILES string of the molecule is CCOc1cc(CCC(=O)N(C)C)ccc1OC. The van der Waals surface area contributed by atoms with Crippen LogP contribution in [0.5, 0.6) is 11.5 Å². The van der Waals surface area contributed by atoms with Gasteiger partial charge in [-0.3, -0.25) is 4.79 Å². The van der Waals surface area contributed by atoms with E-state index >= 15 is 0 Å². The van der Waals surface area contributed by atoms with Crippen LogP contribution in [-0.2, 0) is 11.2 Å². The zero-order valence-electron chi connectivity index (χ0n) is 11.5. The van der Waals surface area contributed by atoms with Crippen LogP contribution in [0.3, 0.4) is 0 Å². The Morgan fingerprint density at radius 1 is 1.28 bits per heavy atom. The van der Waals surface area contributed by atoms with Crippen molar-refractivity contribution in [2.75, 3.05) is 27.8 Å². The predicted molar refractivity (Wildman–Crippen MR) is 71.2 cm³/mol. The molecule has 0 bridgehead atoms. The van der Waals surface area contributed by atoms with Gasteiger partial charge in [0, 0.05) is 20.5 Å². The van der Waals surface area contributed by atoms with Crippen molar-refractivity contribution >= 4 is 5.91 Å². The number of carbonyl (C=O) groups excluding carboxylic acids is 1. The van der Waals surface area contributed by atoms with E-state index in [1.165, 1.54) is 0 Å². The van der Waals surface area contributed by atoms with Crippen molar-refractivity contribution in [2.24, 2.45) is 0 Å². The monoisotopic (exact) mass is 251 g/mol. The Kier molecular flexibility index (Phi) is 5.49. The van der Waals surface area contributed by atoms with Crippen molar-refractivity contribution in [1.29, 1.82) is 0 Å². The fraction of sp³-hybridized carbons (Fsp3) is 0.500. The van der Waals surface area contributed by atoms with Gasteiger partial charge in [-0.05, 0) is 31.0 Å². The Morgan fingerprint density at radius 2 is 2.00 bits per heavy atom. The zero-order valence-corrected chi connectivity index (χ0v) is 11.5. The Balaban J connectivity index is 2.72. The summed E-state index contributed by atoms with van der Waals surface area (Å²) in [6.07, 6.45) is 1.21. The minimum Gasteiger partial charge on any atom is -0.493 e. The average Bonchev–Trinajstić information content (AvgIpc) is 2.36. The second-order valence-corrected chi connectivity index (χ2v) is 4.21. The summed E-state index contributed by atoms with van der Waals surface area (Å²) in [4.78, 5) is 13.1. The highest BCUT2D eigenvalue weighted by atomic mass is 16.5. The molecule has 0 radical (unpaired) electrons. The molecule has 4 nitrogen and oxygen atoms in total. The third-order valence-corrected chi connectivity index (χ3v) is 2.65. The maximum atomic E-state index is 11.5. The van der Waals surface area contributed by atoms with Gasteiger partial charge in [0.1, 0.15) is 0 Å². The molecular formula is C14H21NO3. The molecule has 1 rings (SSSR count). The molecule has 0 atom stereocenters. The molecule has 0 heterocycles. The summed E-state index contributed by atoms with van der Waals surface area (Å²) in [5.41, 5.74) is 1.08. The van der Waals surface area contributed by atoms with Crippen LogP contribution in [-0.4, -0.2) is 38.6 Å². The number of aryl methyl sites for hydroxylation is 1. The van der Waals surface area contributed by atoms with E-state index in [1.807, 2.05) is 25.1 Å². The van der Waals surface area contributed by atoms with Crippen LogP contribution in [0.2, 0.25) is 0 Å². The van der Waals surface area contributed by atoms with Gasteiger partial charge in [-0.15, -0.1) is 0 Å². The maximum absolute atomic E-state index is 11.5. The fourth-order valence-corrected chi connectivity index (χ4v) is 1.62. The molecule has 1 aromatic rings. The molecule has 0 aliphatic carbocycles. The molecule has 18 heavy (non-hydrogen) atoms. The summed E-state index contributed by atoms with van der Waals surface area (Å²) < 4.78 is 10.7. The van der Waals surface area contributed by atoms with Crippen LogP contribution in [0.25, 0.3) is 0 Å². The first kappa shape index (κ1) is 14.4. The highest BCUT2D eigenvalue weighted by Gasteiger charge is 2.08. The lowest BCUT2D eigenvalue weighted by molar-refractivity contribution is -0.128. The van der Waals surface area contributed by atoms with Crippen molar-refractivity contribution in [1.82, 2.24) is 4.90 Å². The lowest BCUT2D eigenvalue weighted by atomic mass is 10.1. The van der Waals surface area contributed by atoms with Gasteiger partial charge in [-0.2, -0.15) is 0 Å². The highest BCUT2D eigenvalue weighted by molar-refractivity contribution is 5.75. The molecule has 0 aromatic heterocycles. The lowest BCUT2D eigenvalue weighted by Crippen LogP contribution is -2.21. The molecule has 0 unspecified atom stereocenters. The van der Waals surface area contributed by atoms with Gasteiger partial charge in [0.15, 0.2) is 11.5 Å². The van der Waals surface area contributed by atoms with Crippen molar-refractivity contribution < 1.29 is 14.3 Å². The number of amides is 1. The third-order valence-electron chi connectivity index (χ3n) is 2.65. The summed E-state index contributed by atoms with van der Waals surface area (Å²) >= 11 is 0. The second-order valence-electron chi connectivity index (χ2n) is 4.21. The quantitative estimate of drug-likeness (QED) is 0.777. The normalized spacial score (nSPS) is 10.0. The highest BCUT2D eigenvalue weighted by Crippen LogP contribution is 2.28. The van der Waals surface area contributed by atoms with Crippen LogP contribution in [0.4, 0.5) is 0 Å². The molecule has 0 saturated heterocycles. The predicted octanol–water partition coefficient (Wildman–Crippen LogP) is 2.11. The fourth-order valence-electron chi connectivity index (χ4n) is 1.62. The van der Waals surface area contributed by atoms with E-state index in [-0.39, 0.29) is 5.91 Å². The summed E-state index contributed by atoms with van der Waals surface area (Å²) in [6.45, 7) is 2.53. The molecule has 4 heteroatoms. The number of ether oxygens (including phenoxy) is 2. The van der Waals surface area contributed by atoms with E-state index in [2.05, 4.69) is 0 Å². The zero-order chi connectivity index (χ0) is 13.5. The van der Waals surface area contributed by atoms with Crippen LogP contribution in [0.1, 0.15) is 18.9 Å². The first-order valence-electron chi connectivity index (χ1n) is 6.08. The number of hydrogen-bond acceptors (Lipinski definition) is 3. The van der Waals surface area contributed by atoms with Gasteiger partial charge in [-0.25, -0.2) is 0 Å². The van der Waals surface area contributed by atoms with Gasteiger partial charge >= 0.3 is 0 Å². The molecule has 100 valence electrons. The standard InChI is InChI=1S/C14H21NO3/c1-5-18-13-10-11(6-8-12(13)17-4)7-9-14(16)15(2)3/h6,8,10H,5,7,9H2,1-4H3. The number of carbonyl (C=O) groups is 1. The first-order chi connectivity index (χ1) is 8.58. The van der Waals surface area contributed by atoms with E-state index < -0.39 is 0 Å². The van der Waals surface area contributed by atoms with E-state index in [0.29, 0.717) is 19.4 Å². The molecule has 1 amide bonds. The molecule has 0 fully saturated rings. The number of benzene rings is 1. The topological polar surface area (TPSA) is 38.8 Å². The molecule has 0 saturated carbocycles. The lowest BCUT2D eigenvalue weighted by Gasteiger charge is -2.12. The Morgan fingerprint density at radius 3 is 2.56 bits per heavy atom. The van der Waals surface area contributed by atoms with E-state index in [9.17, 15) is 4.79 Å². The largest absolute Gasteiger partial charge is 0.493 e. The van der Waals surface area contributed by atoms with E-state index in [1.54, 1.807) is 26.1 Å². The van der Waals surface area contributed by atoms with E-state index in [4.69, 9.17) is 9.47 Å². The number of nitrogens with zero attached hydrogens (tertiary/aromatic N) is 1. The van der Waals surface area contributed by atoms with Crippen molar-refractivity contribution in [3.8, 4) is 11.5 Å². The molecule has 0 N–H and O–H groups in total. The molecular weight excluding hydrogens is 230 g/mol. The number of hydrogen-bond donors (Lipinski definition) is 0. The summed E-state index contributed by atoms with van der Waals surface area (Å²) in [5.74, 6) is 1.58. The summed E-state index contributed by atoms with van der Waals surface area (Å²) in [7, 11) is 5.15. The van der Waals surface area contributed by atoms with Gasteiger partial charge < -0.3 is 14.4 Å². The first-order valence-corrected chi connectivity index (χ1v) is 6.08. The van der Waals surface area contributed by atoms with Crippen molar-refractivity contribution in [2.45, 2.75) is 19.8 Å². The Hall–Kier alpha value is -1.71. The average molecular weight is 251 g/mol. The summed E-state index contributed by atoms with van der Waals surface area (Å²) in [6, 6.07) is 5.77. The third kappa shape index (κ3) is 3.95. The minimum absolute atomic E-state index is 0.128. The number of methoxy groups -OCH3 is 1. The van der Waals surface area contributed by atoms with Gasteiger partial charge in [-0.1, -0.05) is 6.07 Å². The van der Waals surface area contributed by atoms with Gasteiger partial charge in [0.25, 0.3) is 0 Å². The number of rotatable bonds is 6. The van der Waals surface area contributed by atoms with Gasteiger partial charge in [0.05, 0.1) is 13.7 Å². The molecule has 0 aliphatic heterocycles. The smallest absolute Gasteiger partial charge is 0.222 e. The van der Waals surface area contributed by atoms with E-state index in [0.717, 1.165) is 17.1 Å². The van der Waals surface area contributed by atoms with Crippen LogP contribution >= 0.6 is 0 Å². The minimum atomic E-state index is 0.128. The molecule has 1 aromatic carbocycles. The molecule has 0 spiro atoms.